The van der Waals surface area contributed by atoms with Crippen molar-refractivity contribution in [2.45, 2.75) is 72.1 Å². The van der Waals surface area contributed by atoms with E-state index in [9.17, 15) is 14.4 Å². The number of carbonyl (C=O) groups is 3. The summed E-state index contributed by atoms with van der Waals surface area (Å²) < 4.78 is 0. The van der Waals surface area contributed by atoms with Crippen LogP contribution in [-0.2, 0) is 14.4 Å². The van der Waals surface area contributed by atoms with E-state index in [0.29, 0.717) is 6.42 Å². The monoisotopic (exact) mass is 361 g/mol. The Labute approximate surface area is 156 Å². The maximum Gasteiger partial charge on any atom is 0.238 e. The highest BCUT2D eigenvalue weighted by molar-refractivity contribution is 5.93. The van der Waals surface area contributed by atoms with Crippen molar-refractivity contribution in [3.63, 3.8) is 0 Å². The lowest BCUT2D eigenvalue weighted by Crippen LogP contribution is -2.41. The van der Waals surface area contributed by atoms with E-state index in [4.69, 9.17) is 0 Å². The Morgan fingerprint density at radius 1 is 0.769 bits per heavy atom. The second-order valence-electron chi connectivity index (χ2n) is 6.61. The fraction of sp³-hybridized carbons (Fsp3) is 0.550. The van der Waals surface area contributed by atoms with Crippen LogP contribution in [0.3, 0.4) is 0 Å². The number of nitrogens with one attached hydrogen (secondary N) is 3. The predicted molar refractivity (Wildman–Crippen MR) is 103 cm³/mol. The molecule has 6 nitrogen and oxygen atoms in total. The molecule has 0 aliphatic rings. The van der Waals surface area contributed by atoms with E-state index in [1.807, 2.05) is 32.0 Å². The second kappa shape index (κ2) is 12.1. The van der Waals surface area contributed by atoms with Crippen LogP contribution in [0, 0.1) is 13.8 Å². The standard InChI is InChI=1S/C20H31N3O3/c1-4-5-6-7-8-9-19(25)22-23-20(26)13-12-18(24)21-17-11-10-15(2)16(3)14-17/h10-11,14H,4-9,12-13H2,1-3H3,(H,21,24)(H,22,25)(H,23,26). The Bertz CT molecular complexity index is 614. The zero-order valence-electron chi connectivity index (χ0n) is 16.1. The van der Waals surface area contributed by atoms with Crippen LogP contribution < -0.4 is 16.2 Å². The molecule has 0 atom stereocenters. The molecule has 0 heterocycles. The molecule has 0 bridgehead atoms. The fourth-order valence-corrected chi connectivity index (χ4v) is 2.42. The Morgan fingerprint density at radius 2 is 1.38 bits per heavy atom. The fourth-order valence-electron chi connectivity index (χ4n) is 2.42. The Kier molecular flexibility index (Phi) is 10.1. The minimum Gasteiger partial charge on any atom is -0.326 e. The van der Waals surface area contributed by atoms with Gasteiger partial charge < -0.3 is 5.32 Å². The number of hydrogen-bond acceptors (Lipinski definition) is 3. The van der Waals surface area contributed by atoms with Crippen LogP contribution in [0.15, 0.2) is 18.2 Å². The van der Waals surface area contributed by atoms with Crippen molar-refractivity contribution in [2.75, 3.05) is 5.32 Å². The van der Waals surface area contributed by atoms with Gasteiger partial charge in [-0.2, -0.15) is 0 Å². The quantitative estimate of drug-likeness (QED) is 0.440. The molecule has 0 unspecified atom stereocenters. The minimum absolute atomic E-state index is 0.0213. The average molecular weight is 361 g/mol. The number of aryl methyl sites for hydroxylation is 2. The van der Waals surface area contributed by atoms with Gasteiger partial charge in [0.05, 0.1) is 0 Å². The summed E-state index contributed by atoms with van der Waals surface area (Å²) in [6.45, 7) is 6.13. The normalized spacial score (nSPS) is 10.3. The van der Waals surface area contributed by atoms with Gasteiger partial charge in [0.1, 0.15) is 0 Å². The van der Waals surface area contributed by atoms with Gasteiger partial charge in [0, 0.05) is 24.9 Å². The molecule has 0 aliphatic carbocycles. The number of anilines is 1. The van der Waals surface area contributed by atoms with Crippen molar-refractivity contribution >= 4 is 23.4 Å². The average Bonchev–Trinajstić information content (AvgIpc) is 2.61. The number of amides is 3. The van der Waals surface area contributed by atoms with Gasteiger partial charge in [-0.1, -0.05) is 38.7 Å². The van der Waals surface area contributed by atoms with Crippen LogP contribution in [-0.4, -0.2) is 17.7 Å². The number of hydrogen-bond donors (Lipinski definition) is 3. The van der Waals surface area contributed by atoms with E-state index in [2.05, 4.69) is 23.1 Å². The van der Waals surface area contributed by atoms with Crippen molar-refractivity contribution in [1.82, 2.24) is 10.9 Å². The van der Waals surface area contributed by atoms with Gasteiger partial charge in [0.15, 0.2) is 0 Å². The Morgan fingerprint density at radius 3 is 2.04 bits per heavy atom. The molecule has 6 heteroatoms. The summed E-state index contributed by atoms with van der Waals surface area (Å²) in [7, 11) is 0. The summed E-state index contributed by atoms with van der Waals surface area (Å²) in [6, 6.07) is 5.67. The lowest BCUT2D eigenvalue weighted by Gasteiger charge is -2.09. The van der Waals surface area contributed by atoms with Gasteiger partial charge in [0.2, 0.25) is 17.7 Å². The first-order valence-corrected chi connectivity index (χ1v) is 9.37. The predicted octanol–water partition coefficient (Wildman–Crippen LogP) is 3.53. The maximum atomic E-state index is 11.9. The van der Waals surface area contributed by atoms with E-state index in [0.717, 1.165) is 36.1 Å². The molecule has 0 radical (unpaired) electrons. The van der Waals surface area contributed by atoms with Gasteiger partial charge in [-0.05, 0) is 43.5 Å². The zero-order chi connectivity index (χ0) is 19.4. The van der Waals surface area contributed by atoms with Crippen molar-refractivity contribution in [2.24, 2.45) is 0 Å². The van der Waals surface area contributed by atoms with Crippen LogP contribution in [0.1, 0.15) is 69.4 Å². The van der Waals surface area contributed by atoms with Crippen LogP contribution in [0.2, 0.25) is 0 Å². The number of benzene rings is 1. The van der Waals surface area contributed by atoms with Crippen LogP contribution in [0.5, 0.6) is 0 Å². The Hall–Kier alpha value is -2.37. The molecule has 0 saturated carbocycles. The third-order valence-electron chi connectivity index (χ3n) is 4.22. The van der Waals surface area contributed by atoms with E-state index in [1.54, 1.807) is 0 Å². The van der Waals surface area contributed by atoms with Gasteiger partial charge in [0.25, 0.3) is 0 Å². The van der Waals surface area contributed by atoms with E-state index >= 15 is 0 Å². The number of unbranched alkanes of at least 4 members (excludes halogenated alkanes) is 4. The molecular weight excluding hydrogens is 330 g/mol. The minimum atomic E-state index is -0.375. The first-order valence-electron chi connectivity index (χ1n) is 9.37. The van der Waals surface area contributed by atoms with Crippen molar-refractivity contribution in [3.8, 4) is 0 Å². The number of hydrazine groups is 1. The van der Waals surface area contributed by atoms with E-state index in [1.165, 1.54) is 12.8 Å². The third-order valence-corrected chi connectivity index (χ3v) is 4.22. The molecule has 144 valence electrons. The molecule has 0 fully saturated rings. The summed E-state index contributed by atoms with van der Waals surface area (Å²) in [5.41, 5.74) is 7.71. The molecule has 1 aromatic carbocycles. The molecule has 1 aromatic rings. The number of rotatable bonds is 10. The molecule has 3 N–H and O–H groups in total. The lowest BCUT2D eigenvalue weighted by molar-refractivity contribution is -0.129. The van der Waals surface area contributed by atoms with Gasteiger partial charge in [-0.3, -0.25) is 25.2 Å². The first kappa shape index (κ1) is 21.7. The van der Waals surface area contributed by atoms with Gasteiger partial charge in [-0.15, -0.1) is 0 Å². The topological polar surface area (TPSA) is 87.3 Å². The molecule has 3 amide bonds. The largest absolute Gasteiger partial charge is 0.326 e. The Balaban J connectivity index is 2.17. The van der Waals surface area contributed by atoms with Crippen molar-refractivity contribution in [1.29, 1.82) is 0 Å². The summed E-state index contributed by atoms with van der Waals surface area (Å²) >= 11 is 0. The van der Waals surface area contributed by atoms with E-state index in [-0.39, 0.29) is 30.6 Å². The lowest BCUT2D eigenvalue weighted by atomic mass is 10.1. The molecule has 26 heavy (non-hydrogen) atoms. The van der Waals surface area contributed by atoms with Gasteiger partial charge >= 0.3 is 0 Å². The van der Waals surface area contributed by atoms with Gasteiger partial charge in [-0.25, -0.2) is 0 Å². The molecule has 0 saturated heterocycles. The van der Waals surface area contributed by atoms with Crippen molar-refractivity contribution < 1.29 is 14.4 Å². The van der Waals surface area contributed by atoms with Crippen molar-refractivity contribution in [3.05, 3.63) is 29.3 Å². The summed E-state index contributed by atoms with van der Waals surface area (Å²) in [4.78, 5) is 35.2. The SMILES string of the molecule is CCCCCCCC(=O)NNC(=O)CCC(=O)Nc1ccc(C)c(C)c1. The highest BCUT2D eigenvalue weighted by Crippen LogP contribution is 2.14. The summed E-state index contributed by atoms with van der Waals surface area (Å²) in [6.07, 6.45) is 5.80. The first-order chi connectivity index (χ1) is 12.4. The highest BCUT2D eigenvalue weighted by atomic mass is 16.2. The smallest absolute Gasteiger partial charge is 0.238 e. The summed E-state index contributed by atoms with van der Waals surface area (Å²) in [5.74, 6) is -0.806. The molecule has 0 aromatic heterocycles. The van der Waals surface area contributed by atoms with Crippen LogP contribution in [0.4, 0.5) is 5.69 Å². The molecule has 0 spiro atoms. The third kappa shape index (κ3) is 9.20. The van der Waals surface area contributed by atoms with Crippen LogP contribution in [0.25, 0.3) is 0 Å². The highest BCUT2D eigenvalue weighted by Gasteiger charge is 2.09. The molecule has 1 rings (SSSR count). The van der Waals surface area contributed by atoms with E-state index < -0.39 is 0 Å². The second-order valence-corrected chi connectivity index (χ2v) is 6.61. The molecule has 0 aliphatic heterocycles. The summed E-state index contributed by atoms with van der Waals surface area (Å²) in [5, 5.41) is 2.77. The molecular formula is C20H31N3O3. The van der Waals surface area contributed by atoms with Crippen LogP contribution >= 0.6 is 0 Å². The number of carbonyl (C=O) groups excluding carboxylic acids is 3. The maximum absolute atomic E-state index is 11.9. The zero-order valence-corrected chi connectivity index (χ0v) is 16.1.